The highest BCUT2D eigenvalue weighted by Crippen LogP contribution is 2.36. The number of hydrogen-bond donors (Lipinski definition) is 0. The van der Waals surface area contributed by atoms with Crippen LogP contribution in [-0.2, 0) is 19.9 Å². The van der Waals surface area contributed by atoms with Crippen molar-refractivity contribution in [1.82, 2.24) is 0 Å². The molecule has 0 saturated carbocycles. The second-order valence-electron chi connectivity index (χ2n) is 6.63. The molecular weight excluding hydrogens is 286 g/mol. The number of aryl methyl sites for hydroxylation is 3. The predicted octanol–water partition coefficient (Wildman–Crippen LogP) is 5.32. The van der Waals surface area contributed by atoms with Gasteiger partial charge in [0.25, 0.3) is 0 Å². The largest absolute Gasteiger partial charge is 0.231 e. The van der Waals surface area contributed by atoms with Crippen molar-refractivity contribution >= 4 is 31.6 Å². The first kappa shape index (κ1) is 14.2. The van der Waals surface area contributed by atoms with E-state index in [0.29, 0.717) is 0 Å². The van der Waals surface area contributed by atoms with Crippen LogP contribution in [-0.4, -0.2) is 0 Å². The highest BCUT2D eigenvalue weighted by Gasteiger charge is 2.19. The van der Waals surface area contributed by atoms with E-state index in [1.165, 1.54) is 66.3 Å². The van der Waals surface area contributed by atoms with Gasteiger partial charge in [0, 0.05) is 10.8 Å². The molecule has 0 atom stereocenters. The highest BCUT2D eigenvalue weighted by molar-refractivity contribution is 7.25. The van der Waals surface area contributed by atoms with Gasteiger partial charge in [-0.1, -0.05) is 31.7 Å². The SMILES string of the molecule is C[n+]1cccc2sc3ccc4c(c3c21)CCCCCCCC4. The van der Waals surface area contributed by atoms with Crippen LogP contribution in [0.3, 0.4) is 0 Å². The van der Waals surface area contributed by atoms with Crippen LogP contribution in [0, 0.1) is 0 Å². The Morgan fingerprint density at radius 3 is 2.50 bits per heavy atom. The Labute approximate surface area is 136 Å². The van der Waals surface area contributed by atoms with Gasteiger partial charge in [-0.3, -0.25) is 0 Å². The molecule has 0 bridgehead atoms. The lowest BCUT2D eigenvalue weighted by Crippen LogP contribution is -2.27. The van der Waals surface area contributed by atoms with Gasteiger partial charge in [-0.2, -0.15) is 4.57 Å². The molecular formula is C20H24NS+. The maximum Gasteiger partial charge on any atom is 0.231 e. The van der Waals surface area contributed by atoms with Crippen molar-refractivity contribution in [2.75, 3.05) is 0 Å². The molecule has 1 aliphatic carbocycles. The Bertz CT molecular complexity index is 815. The summed E-state index contributed by atoms with van der Waals surface area (Å²) in [5.74, 6) is 0. The number of rotatable bonds is 0. The molecule has 0 radical (unpaired) electrons. The number of benzene rings is 1. The Kier molecular flexibility index (Phi) is 3.87. The molecule has 0 N–H and O–H groups in total. The van der Waals surface area contributed by atoms with Crippen molar-refractivity contribution in [3.63, 3.8) is 0 Å². The van der Waals surface area contributed by atoms with E-state index in [2.05, 4.69) is 42.1 Å². The molecule has 0 spiro atoms. The van der Waals surface area contributed by atoms with Gasteiger partial charge in [0.2, 0.25) is 5.52 Å². The molecule has 3 aromatic rings. The lowest BCUT2D eigenvalue weighted by Gasteiger charge is -2.13. The van der Waals surface area contributed by atoms with E-state index in [1.807, 2.05) is 11.3 Å². The molecule has 0 fully saturated rings. The van der Waals surface area contributed by atoms with Gasteiger partial charge >= 0.3 is 0 Å². The summed E-state index contributed by atoms with van der Waals surface area (Å²) in [5.41, 5.74) is 4.70. The van der Waals surface area contributed by atoms with Crippen molar-refractivity contribution in [3.8, 4) is 0 Å². The number of pyridine rings is 1. The maximum atomic E-state index is 2.41. The molecule has 22 heavy (non-hydrogen) atoms. The lowest BCUT2D eigenvalue weighted by atomic mass is 9.92. The van der Waals surface area contributed by atoms with Gasteiger partial charge in [-0.05, 0) is 48.9 Å². The summed E-state index contributed by atoms with van der Waals surface area (Å²) in [6.45, 7) is 0. The summed E-state index contributed by atoms with van der Waals surface area (Å²) >= 11 is 1.95. The fraction of sp³-hybridized carbons (Fsp3) is 0.450. The number of aromatic nitrogens is 1. The maximum absolute atomic E-state index is 2.41. The molecule has 0 aliphatic heterocycles. The molecule has 1 aromatic carbocycles. The first-order valence-electron chi connectivity index (χ1n) is 8.66. The molecule has 2 aromatic heterocycles. The molecule has 2 heterocycles. The zero-order chi connectivity index (χ0) is 14.9. The van der Waals surface area contributed by atoms with Gasteiger partial charge in [-0.15, -0.1) is 11.3 Å². The van der Waals surface area contributed by atoms with E-state index in [-0.39, 0.29) is 0 Å². The quantitative estimate of drug-likeness (QED) is 0.495. The summed E-state index contributed by atoms with van der Waals surface area (Å²) in [6, 6.07) is 9.21. The van der Waals surface area contributed by atoms with Crippen LogP contribution in [0.25, 0.3) is 20.3 Å². The Hall–Kier alpha value is -1.41. The van der Waals surface area contributed by atoms with Gasteiger partial charge in [0.15, 0.2) is 6.20 Å². The second-order valence-corrected chi connectivity index (χ2v) is 7.72. The number of fused-ring (bicyclic) bond motifs is 5. The summed E-state index contributed by atoms with van der Waals surface area (Å²) in [7, 11) is 2.19. The van der Waals surface area contributed by atoms with E-state index >= 15 is 0 Å². The topological polar surface area (TPSA) is 3.88 Å². The third kappa shape index (κ3) is 2.44. The highest BCUT2D eigenvalue weighted by atomic mass is 32.1. The normalized spacial score (nSPS) is 16.8. The minimum absolute atomic E-state index is 1.26. The van der Waals surface area contributed by atoms with Gasteiger partial charge in [0.1, 0.15) is 11.7 Å². The minimum Gasteiger partial charge on any atom is -0.200 e. The first-order valence-corrected chi connectivity index (χ1v) is 9.48. The van der Waals surface area contributed by atoms with Gasteiger partial charge in [0.05, 0.1) is 5.39 Å². The van der Waals surface area contributed by atoms with Crippen molar-refractivity contribution < 1.29 is 4.57 Å². The van der Waals surface area contributed by atoms with Crippen molar-refractivity contribution in [2.45, 2.75) is 51.4 Å². The van der Waals surface area contributed by atoms with E-state index < -0.39 is 0 Å². The van der Waals surface area contributed by atoms with E-state index in [9.17, 15) is 0 Å². The second kappa shape index (κ2) is 6.00. The molecule has 4 rings (SSSR count). The zero-order valence-corrected chi connectivity index (χ0v) is 14.2. The molecule has 0 amide bonds. The fourth-order valence-corrected chi connectivity index (χ4v) is 5.13. The molecule has 0 unspecified atom stereocenters. The molecule has 1 nitrogen and oxygen atoms in total. The van der Waals surface area contributed by atoms with Gasteiger partial charge < -0.3 is 0 Å². The summed E-state index contributed by atoms with van der Waals surface area (Å²) in [6.07, 6.45) is 13.0. The Morgan fingerprint density at radius 1 is 0.864 bits per heavy atom. The summed E-state index contributed by atoms with van der Waals surface area (Å²) in [5, 5.41) is 1.54. The smallest absolute Gasteiger partial charge is 0.200 e. The van der Waals surface area contributed by atoms with Gasteiger partial charge in [-0.25, -0.2) is 0 Å². The summed E-state index contributed by atoms with van der Waals surface area (Å²) < 4.78 is 5.20. The molecule has 1 aliphatic rings. The number of thiophene rings is 1. The zero-order valence-electron chi connectivity index (χ0n) is 13.4. The van der Waals surface area contributed by atoms with Crippen LogP contribution in [0.2, 0.25) is 0 Å². The lowest BCUT2D eigenvalue weighted by molar-refractivity contribution is -0.644. The average Bonchev–Trinajstić information content (AvgIpc) is 2.92. The summed E-state index contributed by atoms with van der Waals surface area (Å²) in [4.78, 5) is 0. The van der Waals surface area contributed by atoms with E-state index in [4.69, 9.17) is 0 Å². The third-order valence-corrected chi connectivity index (χ3v) is 6.20. The van der Waals surface area contributed by atoms with Crippen LogP contribution in [0.15, 0.2) is 30.5 Å². The van der Waals surface area contributed by atoms with Crippen molar-refractivity contribution in [2.24, 2.45) is 7.05 Å². The van der Waals surface area contributed by atoms with Crippen LogP contribution >= 0.6 is 11.3 Å². The fourth-order valence-electron chi connectivity index (χ4n) is 3.95. The number of hydrogen-bond acceptors (Lipinski definition) is 1. The predicted molar refractivity (Wildman–Crippen MR) is 95.6 cm³/mol. The first-order chi connectivity index (χ1) is 10.8. The Morgan fingerprint density at radius 2 is 1.64 bits per heavy atom. The molecule has 2 heteroatoms. The number of nitrogens with zero attached hydrogens (tertiary/aromatic N) is 1. The minimum atomic E-state index is 1.26. The monoisotopic (exact) mass is 310 g/mol. The van der Waals surface area contributed by atoms with Crippen LogP contribution < -0.4 is 4.57 Å². The standard InChI is InChI=1S/C20H24NS/c1-21-14-8-11-18-20(21)19-16-10-7-5-3-2-4-6-9-15(16)12-13-17(19)22-18/h8,11-14H,2-7,9-10H2,1H3/q+1. The van der Waals surface area contributed by atoms with E-state index in [0.717, 1.165) is 0 Å². The van der Waals surface area contributed by atoms with Crippen LogP contribution in [0.4, 0.5) is 0 Å². The van der Waals surface area contributed by atoms with Crippen molar-refractivity contribution in [1.29, 1.82) is 0 Å². The third-order valence-electron chi connectivity index (χ3n) is 5.09. The van der Waals surface area contributed by atoms with Crippen molar-refractivity contribution in [3.05, 3.63) is 41.6 Å². The van der Waals surface area contributed by atoms with E-state index in [1.54, 1.807) is 16.5 Å². The molecule has 114 valence electrons. The Balaban J connectivity index is 1.97. The average molecular weight is 310 g/mol. The van der Waals surface area contributed by atoms with Crippen LogP contribution in [0.1, 0.15) is 49.7 Å². The molecule has 0 saturated heterocycles. The van der Waals surface area contributed by atoms with Crippen LogP contribution in [0.5, 0.6) is 0 Å².